The zero-order chi connectivity index (χ0) is 23.5. The summed E-state index contributed by atoms with van der Waals surface area (Å²) in [5.74, 6) is 0.0960. The third kappa shape index (κ3) is 4.57. The summed E-state index contributed by atoms with van der Waals surface area (Å²) >= 11 is 0. The summed E-state index contributed by atoms with van der Waals surface area (Å²) < 4.78 is 3.68. The van der Waals surface area contributed by atoms with E-state index in [4.69, 9.17) is 0 Å². The average molecular weight is 457 g/mol. The van der Waals surface area contributed by atoms with Gasteiger partial charge in [-0.05, 0) is 61.9 Å². The molecule has 174 valence electrons. The first-order chi connectivity index (χ1) is 16.6. The number of aryl methyl sites for hydroxylation is 1. The Morgan fingerprint density at radius 1 is 1.03 bits per heavy atom. The summed E-state index contributed by atoms with van der Waals surface area (Å²) in [7, 11) is 1.76. The number of amides is 2. The molecule has 0 unspecified atom stereocenters. The molecule has 1 fully saturated rings. The molecule has 2 amide bonds. The fourth-order valence-electron chi connectivity index (χ4n) is 4.70. The van der Waals surface area contributed by atoms with Crippen LogP contribution in [-0.2, 0) is 13.5 Å². The van der Waals surface area contributed by atoms with Gasteiger partial charge in [-0.2, -0.15) is 5.10 Å². The molecular formula is C26H28N6O2. The molecule has 4 heterocycles. The van der Waals surface area contributed by atoms with Crippen LogP contribution in [-0.4, -0.2) is 49.0 Å². The number of rotatable bonds is 5. The van der Waals surface area contributed by atoms with Gasteiger partial charge in [0.05, 0.1) is 22.5 Å². The Balaban J connectivity index is 1.26. The van der Waals surface area contributed by atoms with Gasteiger partial charge in [0.1, 0.15) is 0 Å². The standard InChI is InChI=1S/C26H28N6O2/c1-30-15-11-22(29-30)25(33)28-21-8-3-2-7-20(21)26(34)32-14-4-6-19(10-16-32)18-23-24-9-5-13-31(24)17-12-27-23/h2-3,5,7-9,11-13,15,17,19H,4,6,10,14,16,18H2,1H3,(H,28,33)/t19-/m1/s1. The molecule has 0 radical (unpaired) electrons. The third-order valence-electron chi connectivity index (χ3n) is 6.50. The molecule has 8 nitrogen and oxygen atoms in total. The maximum atomic E-state index is 13.4. The predicted octanol–water partition coefficient (Wildman–Crippen LogP) is 3.81. The summed E-state index contributed by atoms with van der Waals surface area (Å²) in [5, 5.41) is 7.00. The Morgan fingerprint density at radius 2 is 1.91 bits per heavy atom. The SMILES string of the molecule is Cn1ccc(C(=O)Nc2ccccc2C(=O)N2CCC[C@@H](Cc3nccn4cccc34)CC2)n1. The van der Waals surface area contributed by atoms with Crippen molar-refractivity contribution in [2.24, 2.45) is 13.0 Å². The van der Waals surface area contributed by atoms with E-state index in [1.807, 2.05) is 41.7 Å². The van der Waals surface area contributed by atoms with Crippen LogP contribution in [0.25, 0.3) is 5.52 Å². The minimum atomic E-state index is -0.330. The summed E-state index contributed by atoms with van der Waals surface area (Å²) in [5.41, 5.74) is 3.59. The molecule has 0 saturated carbocycles. The van der Waals surface area contributed by atoms with E-state index in [-0.39, 0.29) is 11.8 Å². The van der Waals surface area contributed by atoms with Gasteiger partial charge in [0.25, 0.3) is 11.8 Å². The van der Waals surface area contributed by atoms with Crippen LogP contribution in [0.5, 0.6) is 0 Å². The second-order valence-corrected chi connectivity index (χ2v) is 8.84. The van der Waals surface area contributed by atoms with E-state index in [2.05, 4.69) is 25.9 Å². The molecule has 1 atom stereocenters. The Bertz CT molecular complexity index is 1320. The van der Waals surface area contributed by atoms with Gasteiger partial charge < -0.3 is 14.6 Å². The smallest absolute Gasteiger partial charge is 0.276 e. The van der Waals surface area contributed by atoms with Crippen molar-refractivity contribution >= 4 is 23.0 Å². The normalized spacial score (nSPS) is 16.4. The number of likely N-dealkylation sites (tertiary alicyclic amines) is 1. The van der Waals surface area contributed by atoms with Crippen molar-refractivity contribution in [1.29, 1.82) is 0 Å². The molecule has 0 aliphatic carbocycles. The van der Waals surface area contributed by atoms with Gasteiger partial charge in [-0.15, -0.1) is 0 Å². The van der Waals surface area contributed by atoms with E-state index >= 15 is 0 Å². The Hall–Kier alpha value is -3.94. The van der Waals surface area contributed by atoms with E-state index in [1.54, 1.807) is 36.1 Å². The van der Waals surface area contributed by atoms with E-state index < -0.39 is 0 Å². The first-order valence-electron chi connectivity index (χ1n) is 11.7. The van der Waals surface area contributed by atoms with Crippen LogP contribution >= 0.6 is 0 Å². The minimum Gasteiger partial charge on any atom is -0.339 e. The second kappa shape index (κ2) is 9.51. The molecule has 8 heteroatoms. The molecule has 1 N–H and O–H groups in total. The highest BCUT2D eigenvalue weighted by molar-refractivity contribution is 6.08. The van der Waals surface area contributed by atoms with Crippen LogP contribution in [0.4, 0.5) is 5.69 Å². The van der Waals surface area contributed by atoms with Gasteiger partial charge in [0, 0.05) is 44.9 Å². The highest BCUT2D eigenvalue weighted by Crippen LogP contribution is 2.25. The number of nitrogens with zero attached hydrogens (tertiary/aromatic N) is 5. The molecule has 1 aliphatic rings. The molecule has 3 aromatic heterocycles. The number of aromatic nitrogens is 4. The van der Waals surface area contributed by atoms with E-state index in [0.717, 1.165) is 36.9 Å². The van der Waals surface area contributed by atoms with Crippen molar-refractivity contribution in [3.63, 3.8) is 0 Å². The molecule has 0 bridgehead atoms. The van der Waals surface area contributed by atoms with Gasteiger partial charge >= 0.3 is 0 Å². The highest BCUT2D eigenvalue weighted by atomic mass is 16.2. The topological polar surface area (TPSA) is 84.5 Å². The van der Waals surface area contributed by atoms with Crippen molar-refractivity contribution in [1.82, 2.24) is 24.1 Å². The monoisotopic (exact) mass is 456 g/mol. The van der Waals surface area contributed by atoms with Crippen LogP contribution in [0, 0.1) is 5.92 Å². The summed E-state index contributed by atoms with van der Waals surface area (Å²) in [4.78, 5) is 32.6. The summed E-state index contributed by atoms with van der Waals surface area (Å²) in [6.45, 7) is 1.40. The number of nitrogens with one attached hydrogen (secondary N) is 1. The Kier molecular flexibility index (Phi) is 6.12. The van der Waals surface area contributed by atoms with Crippen LogP contribution in [0.1, 0.15) is 45.8 Å². The number of hydrogen-bond donors (Lipinski definition) is 1. The first-order valence-corrected chi connectivity index (χ1v) is 11.7. The minimum absolute atomic E-state index is 0.0515. The van der Waals surface area contributed by atoms with Gasteiger partial charge in [-0.3, -0.25) is 19.3 Å². The number of hydrogen-bond acceptors (Lipinski definition) is 4. The molecule has 1 saturated heterocycles. The van der Waals surface area contributed by atoms with Gasteiger partial charge in [0.2, 0.25) is 0 Å². The molecule has 5 rings (SSSR count). The number of para-hydroxylation sites is 1. The quantitative estimate of drug-likeness (QED) is 0.495. The lowest BCUT2D eigenvalue weighted by molar-refractivity contribution is 0.0761. The fourth-order valence-corrected chi connectivity index (χ4v) is 4.70. The maximum Gasteiger partial charge on any atom is 0.276 e. The van der Waals surface area contributed by atoms with Crippen molar-refractivity contribution in [2.45, 2.75) is 25.7 Å². The van der Waals surface area contributed by atoms with Crippen LogP contribution < -0.4 is 5.32 Å². The zero-order valence-corrected chi connectivity index (χ0v) is 19.2. The first kappa shape index (κ1) is 21.9. The number of anilines is 1. The number of carbonyl (C=O) groups is 2. The Morgan fingerprint density at radius 3 is 2.76 bits per heavy atom. The fraction of sp³-hybridized carbons (Fsp3) is 0.308. The van der Waals surface area contributed by atoms with E-state index in [1.165, 1.54) is 0 Å². The van der Waals surface area contributed by atoms with Crippen LogP contribution in [0.15, 0.2) is 67.3 Å². The molecule has 1 aromatic carbocycles. The van der Waals surface area contributed by atoms with Gasteiger partial charge in [0.15, 0.2) is 5.69 Å². The predicted molar refractivity (Wildman–Crippen MR) is 130 cm³/mol. The number of carbonyl (C=O) groups excluding carboxylic acids is 2. The lowest BCUT2D eigenvalue weighted by Gasteiger charge is -2.22. The van der Waals surface area contributed by atoms with Crippen LogP contribution in [0.3, 0.4) is 0 Å². The van der Waals surface area contributed by atoms with Crippen LogP contribution in [0.2, 0.25) is 0 Å². The largest absolute Gasteiger partial charge is 0.339 e. The molecular weight excluding hydrogens is 428 g/mol. The van der Waals surface area contributed by atoms with E-state index in [9.17, 15) is 9.59 Å². The van der Waals surface area contributed by atoms with E-state index in [0.29, 0.717) is 36.0 Å². The van der Waals surface area contributed by atoms with Gasteiger partial charge in [-0.1, -0.05) is 12.1 Å². The summed E-state index contributed by atoms with van der Waals surface area (Å²) in [6, 6.07) is 13.0. The lowest BCUT2D eigenvalue weighted by atomic mass is 9.95. The molecule has 4 aromatic rings. The lowest BCUT2D eigenvalue weighted by Crippen LogP contribution is -2.33. The summed E-state index contributed by atoms with van der Waals surface area (Å²) in [6.07, 6.45) is 11.4. The second-order valence-electron chi connectivity index (χ2n) is 8.84. The molecule has 1 aliphatic heterocycles. The van der Waals surface area contributed by atoms with Crippen molar-refractivity contribution in [3.8, 4) is 0 Å². The van der Waals surface area contributed by atoms with Crippen molar-refractivity contribution in [2.75, 3.05) is 18.4 Å². The van der Waals surface area contributed by atoms with Gasteiger partial charge in [-0.25, -0.2) is 0 Å². The molecule has 34 heavy (non-hydrogen) atoms. The Labute approximate surface area is 198 Å². The third-order valence-corrected chi connectivity index (χ3v) is 6.50. The van der Waals surface area contributed by atoms with Crippen molar-refractivity contribution < 1.29 is 9.59 Å². The zero-order valence-electron chi connectivity index (χ0n) is 19.2. The highest BCUT2D eigenvalue weighted by Gasteiger charge is 2.25. The number of fused-ring (bicyclic) bond motifs is 1. The number of benzene rings is 1. The molecule has 0 spiro atoms. The maximum absolute atomic E-state index is 13.4. The van der Waals surface area contributed by atoms with Crippen molar-refractivity contribution in [3.05, 3.63) is 84.2 Å². The average Bonchev–Trinajstić information content (AvgIpc) is 3.44.